The molecule has 0 bridgehead atoms. The first-order chi connectivity index (χ1) is 23.1. The number of urea groups is 2. The molecule has 1 unspecified atom stereocenters. The Bertz CT molecular complexity index is 1970. The monoisotopic (exact) mass is 685 g/mol. The molecular weight excluding hydrogens is 656 g/mol. The maximum Gasteiger partial charge on any atom is 0.416 e. The zero-order valence-electron chi connectivity index (χ0n) is 25.7. The van der Waals surface area contributed by atoms with Crippen LogP contribution in [0.1, 0.15) is 36.2 Å². The number of nitrogens with one attached hydrogen (secondary N) is 3. The Morgan fingerprint density at radius 1 is 0.959 bits per heavy atom. The topological polar surface area (TPSA) is 143 Å². The number of allylic oxidation sites excluding steroid dienone is 4. The van der Waals surface area contributed by atoms with Gasteiger partial charge in [0, 0.05) is 30.2 Å². The number of aromatic nitrogens is 4. The van der Waals surface area contributed by atoms with Gasteiger partial charge in [-0.05, 0) is 61.4 Å². The third-order valence-electron chi connectivity index (χ3n) is 7.54. The number of fused-ring (bicyclic) bond motifs is 1. The zero-order valence-corrected chi connectivity index (χ0v) is 25.7. The number of rotatable bonds is 7. The summed E-state index contributed by atoms with van der Waals surface area (Å²) in [5.74, 6) is 0.114. The van der Waals surface area contributed by atoms with Crippen molar-refractivity contribution in [3.05, 3.63) is 102 Å². The molecule has 1 aliphatic rings. The molecule has 1 saturated heterocycles. The second-order valence-electron chi connectivity index (χ2n) is 10.9. The highest BCUT2D eigenvalue weighted by atomic mass is 19.4. The van der Waals surface area contributed by atoms with Crippen LogP contribution in [0.3, 0.4) is 0 Å². The number of nitrogens with two attached hydrogens (primary N) is 1. The number of likely N-dealkylation sites (tertiary alicyclic amines) is 1. The van der Waals surface area contributed by atoms with Crippen molar-refractivity contribution in [3.63, 3.8) is 0 Å². The van der Waals surface area contributed by atoms with Crippen LogP contribution in [0.4, 0.5) is 53.1 Å². The molecule has 4 aromatic rings. The van der Waals surface area contributed by atoms with Gasteiger partial charge in [0.25, 0.3) is 0 Å². The molecular formula is C32H29F6N9O2. The lowest BCUT2D eigenvalue weighted by Gasteiger charge is -2.18. The predicted molar refractivity (Wildman–Crippen MR) is 171 cm³/mol. The van der Waals surface area contributed by atoms with Crippen LogP contribution in [0.2, 0.25) is 0 Å². The Balaban J connectivity index is 1.28. The minimum atomic E-state index is -4.57. The molecule has 0 radical (unpaired) electrons. The molecule has 256 valence electrons. The number of benzene rings is 2. The van der Waals surface area contributed by atoms with Gasteiger partial charge in [-0.3, -0.25) is 0 Å². The molecule has 4 amide bonds. The fraction of sp³-hybridized carbons (Fsp3) is 0.219. The number of halogens is 6. The summed E-state index contributed by atoms with van der Waals surface area (Å²) in [4.78, 5) is 35.3. The number of carbonyl (C=O) groups excluding carboxylic acids is 2. The van der Waals surface area contributed by atoms with Crippen LogP contribution in [-0.2, 0) is 12.4 Å². The number of nitrogen functional groups attached to an aromatic ring is 1. The lowest BCUT2D eigenvalue weighted by atomic mass is 10.1. The van der Waals surface area contributed by atoms with Crippen molar-refractivity contribution in [3.8, 4) is 0 Å². The molecule has 1 atom stereocenters. The Labute approximate surface area is 275 Å². The molecule has 3 heterocycles. The lowest BCUT2D eigenvalue weighted by molar-refractivity contribution is -0.138. The van der Waals surface area contributed by atoms with Gasteiger partial charge in [-0.15, -0.1) is 0 Å². The number of amides is 4. The van der Waals surface area contributed by atoms with Crippen LogP contribution in [0, 0.1) is 0 Å². The molecule has 0 saturated carbocycles. The van der Waals surface area contributed by atoms with Gasteiger partial charge in [-0.1, -0.05) is 30.9 Å². The number of nitrogens with zero attached hydrogens (tertiary/aromatic N) is 5. The first-order valence-corrected chi connectivity index (χ1v) is 14.6. The quantitative estimate of drug-likeness (QED) is 0.120. The van der Waals surface area contributed by atoms with Gasteiger partial charge in [0.1, 0.15) is 17.8 Å². The summed E-state index contributed by atoms with van der Waals surface area (Å²) in [6.45, 7) is 6.15. The lowest BCUT2D eigenvalue weighted by Crippen LogP contribution is -2.33. The highest BCUT2D eigenvalue weighted by Gasteiger charge is 2.33. The summed E-state index contributed by atoms with van der Waals surface area (Å²) in [5.41, 5.74) is 5.67. The largest absolute Gasteiger partial charge is 0.416 e. The number of alkyl halides is 6. The summed E-state index contributed by atoms with van der Waals surface area (Å²) >= 11 is 0. The second kappa shape index (κ2) is 13.7. The van der Waals surface area contributed by atoms with E-state index in [0.717, 1.165) is 24.3 Å². The van der Waals surface area contributed by atoms with E-state index in [1.54, 1.807) is 23.8 Å². The fourth-order valence-corrected chi connectivity index (χ4v) is 5.12. The zero-order chi connectivity index (χ0) is 35.5. The minimum Gasteiger partial charge on any atom is -0.383 e. The molecule has 1 fully saturated rings. The van der Waals surface area contributed by atoms with E-state index < -0.39 is 35.5 Å². The van der Waals surface area contributed by atoms with Gasteiger partial charge >= 0.3 is 24.4 Å². The van der Waals surface area contributed by atoms with Crippen LogP contribution < -0.4 is 21.7 Å². The third kappa shape index (κ3) is 7.99. The van der Waals surface area contributed by atoms with Gasteiger partial charge in [0.15, 0.2) is 5.65 Å². The van der Waals surface area contributed by atoms with Crippen LogP contribution in [0.25, 0.3) is 16.6 Å². The van der Waals surface area contributed by atoms with Gasteiger partial charge in [0.2, 0.25) is 0 Å². The van der Waals surface area contributed by atoms with Crippen LogP contribution >= 0.6 is 0 Å². The van der Waals surface area contributed by atoms with E-state index >= 15 is 0 Å². The number of hydrogen-bond donors (Lipinski definition) is 4. The third-order valence-corrected chi connectivity index (χ3v) is 7.54. The maximum absolute atomic E-state index is 13.1. The van der Waals surface area contributed by atoms with Crippen molar-refractivity contribution < 1.29 is 35.9 Å². The standard InChI is InChI=1S/C32H29F6N9O2/c1-3-21(42-29(48)43-22-8-4-6-19(14-22)31(33,34)35)11-10-18(2)26-25-27(39)40-17-41-28(25)47(45-26)24-12-13-46(16-24)30(49)44-23-9-5-7-20(15-23)32(36,37)38/h3-11,14-15,17,24H,2,12-13,16H2,1H3,(H,44,49)(H2,39,40,41)(H2,42,43,48). The van der Waals surface area contributed by atoms with E-state index in [-0.39, 0.29) is 42.0 Å². The second-order valence-corrected chi connectivity index (χ2v) is 10.9. The average Bonchev–Trinajstić information content (AvgIpc) is 3.69. The first kappa shape index (κ1) is 34.5. The van der Waals surface area contributed by atoms with Crippen molar-refractivity contribution in [2.75, 3.05) is 29.5 Å². The smallest absolute Gasteiger partial charge is 0.383 e. The molecule has 1 aliphatic heterocycles. The summed E-state index contributed by atoms with van der Waals surface area (Å²) in [5, 5.41) is 12.5. The van der Waals surface area contributed by atoms with Crippen LogP contribution in [-0.4, -0.2) is 49.8 Å². The number of carbonyl (C=O) groups is 2. The van der Waals surface area contributed by atoms with E-state index in [2.05, 4.69) is 37.6 Å². The van der Waals surface area contributed by atoms with E-state index in [4.69, 9.17) is 5.73 Å². The van der Waals surface area contributed by atoms with E-state index in [1.807, 2.05) is 0 Å². The predicted octanol–water partition coefficient (Wildman–Crippen LogP) is 7.22. The summed E-state index contributed by atoms with van der Waals surface area (Å²) < 4.78 is 80.1. The molecule has 49 heavy (non-hydrogen) atoms. The Morgan fingerprint density at radius 3 is 2.20 bits per heavy atom. The SMILES string of the molecule is C=C(C=CC(=CC)NC(=O)Nc1cccc(C(F)(F)F)c1)c1nn(C2CCN(C(=O)Nc3cccc(C(F)(F)F)c3)C2)c2ncnc(N)c12. The normalized spacial score (nSPS) is 15.5. The molecule has 5 rings (SSSR count). The molecule has 5 N–H and O–H groups in total. The van der Waals surface area contributed by atoms with Crippen molar-refractivity contribution >= 4 is 45.9 Å². The van der Waals surface area contributed by atoms with E-state index in [1.165, 1.54) is 41.6 Å². The van der Waals surface area contributed by atoms with Crippen molar-refractivity contribution in [2.45, 2.75) is 31.7 Å². The average molecular weight is 686 g/mol. The minimum absolute atomic E-state index is 0.00169. The van der Waals surface area contributed by atoms with Gasteiger partial charge in [-0.25, -0.2) is 24.2 Å². The Kier molecular flexibility index (Phi) is 9.63. The molecule has 11 nitrogen and oxygen atoms in total. The molecule has 0 spiro atoms. The van der Waals surface area contributed by atoms with Crippen molar-refractivity contribution in [1.82, 2.24) is 30.0 Å². The summed E-state index contributed by atoms with van der Waals surface area (Å²) in [7, 11) is 0. The summed E-state index contributed by atoms with van der Waals surface area (Å²) in [6, 6.07) is 6.81. The summed E-state index contributed by atoms with van der Waals surface area (Å²) in [6.07, 6.45) is -2.81. The number of hydrogen-bond acceptors (Lipinski definition) is 6. The molecule has 2 aromatic carbocycles. The Hall–Kier alpha value is -5.87. The van der Waals surface area contributed by atoms with Crippen molar-refractivity contribution in [2.24, 2.45) is 0 Å². The number of anilines is 3. The van der Waals surface area contributed by atoms with E-state index in [9.17, 15) is 35.9 Å². The van der Waals surface area contributed by atoms with E-state index in [0.29, 0.717) is 28.7 Å². The van der Waals surface area contributed by atoms with Crippen LogP contribution in [0.5, 0.6) is 0 Å². The maximum atomic E-state index is 13.1. The van der Waals surface area contributed by atoms with Gasteiger partial charge in [0.05, 0.1) is 22.6 Å². The fourth-order valence-electron chi connectivity index (χ4n) is 5.12. The highest BCUT2D eigenvalue weighted by Crippen LogP contribution is 2.34. The molecule has 17 heteroatoms. The van der Waals surface area contributed by atoms with Gasteiger partial charge in [-0.2, -0.15) is 31.4 Å². The highest BCUT2D eigenvalue weighted by molar-refractivity contribution is 5.97. The van der Waals surface area contributed by atoms with Gasteiger partial charge < -0.3 is 26.6 Å². The molecule has 2 aromatic heterocycles. The Morgan fingerprint density at radius 2 is 1.59 bits per heavy atom. The van der Waals surface area contributed by atoms with Crippen LogP contribution in [0.15, 0.2) is 85.4 Å². The first-order valence-electron chi connectivity index (χ1n) is 14.6. The molecule has 0 aliphatic carbocycles. The van der Waals surface area contributed by atoms with Crippen molar-refractivity contribution in [1.29, 1.82) is 0 Å².